The molecule has 0 spiro atoms. The Hall–Kier alpha value is -1.38. The summed E-state index contributed by atoms with van der Waals surface area (Å²) in [5.74, 6) is -8.79. The summed E-state index contributed by atoms with van der Waals surface area (Å²) in [6, 6.07) is -1.66. The van der Waals surface area contributed by atoms with Crippen molar-refractivity contribution < 1.29 is 37.0 Å². The van der Waals surface area contributed by atoms with Crippen molar-refractivity contribution in [1.82, 2.24) is 5.32 Å². The molecule has 0 bridgehead atoms. The van der Waals surface area contributed by atoms with Gasteiger partial charge in [0.15, 0.2) is 0 Å². The fourth-order valence-corrected chi connectivity index (χ4v) is 1.04. The maximum absolute atomic E-state index is 12.6. The predicted octanol–water partition coefficient (Wildman–Crippen LogP) is 0.883. The second-order valence-electron chi connectivity index (χ2n) is 3.42. The second kappa shape index (κ2) is 7.14. The molecule has 0 aromatic heterocycles. The van der Waals surface area contributed by atoms with Gasteiger partial charge in [0.05, 0.1) is 0 Å². The summed E-state index contributed by atoms with van der Waals surface area (Å²) in [5.41, 5.74) is 0. The Morgan fingerprint density at radius 2 is 1.94 bits per heavy atom. The minimum atomic E-state index is -4.91. The lowest BCUT2D eigenvalue weighted by molar-refractivity contribution is -0.171. The molecule has 9 heteroatoms. The Bertz CT molecular complexity index is 298. The lowest BCUT2D eigenvalue weighted by Crippen LogP contribution is -2.51. The fourth-order valence-electron chi connectivity index (χ4n) is 1.04. The molecule has 0 aliphatic heterocycles. The van der Waals surface area contributed by atoms with Gasteiger partial charge in [0, 0.05) is 13.7 Å². The molecule has 0 rings (SSSR count). The molecule has 0 saturated heterocycles. The van der Waals surface area contributed by atoms with Crippen molar-refractivity contribution in [3.05, 3.63) is 0 Å². The van der Waals surface area contributed by atoms with Gasteiger partial charge in [-0.3, -0.25) is 4.79 Å². The molecule has 1 amide bonds. The van der Waals surface area contributed by atoms with E-state index < -0.39 is 30.3 Å². The number of amides is 1. The Balaban J connectivity index is 4.50. The molecule has 0 aliphatic carbocycles. The van der Waals surface area contributed by atoms with Gasteiger partial charge in [-0.05, 0) is 12.8 Å². The normalized spacial score (nSPS) is 13.4. The number of methoxy groups -OCH3 is 1. The van der Waals surface area contributed by atoms with E-state index in [0.717, 1.165) is 0 Å². The minimum absolute atomic E-state index is 0.158. The SMILES string of the molecule is COCCCC(NC(=O)C(F)(F)C(F)F)C(=O)O. The molecule has 1 atom stereocenters. The van der Waals surface area contributed by atoms with Gasteiger partial charge in [-0.25, -0.2) is 13.6 Å². The maximum Gasteiger partial charge on any atom is 0.383 e. The molecule has 0 aromatic carbocycles. The van der Waals surface area contributed by atoms with E-state index in [2.05, 4.69) is 4.74 Å². The topological polar surface area (TPSA) is 75.6 Å². The summed E-state index contributed by atoms with van der Waals surface area (Å²) in [5, 5.41) is 10.0. The first-order chi connectivity index (χ1) is 8.23. The van der Waals surface area contributed by atoms with Crippen LogP contribution < -0.4 is 5.32 Å². The molecular weight excluding hydrogens is 262 g/mol. The van der Waals surface area contributed by atoms with Crippen molar-refractivity contribution in [2.24, 2.45) is 0 Å². The van der Waals surface area contributed by atoms with Crippen LogP contribution in [0.2, 0.25) is 0 Å². The van der Waals surface area contributed by atoms with Gasteiger partial charge >= 0.3 is 18.3 Å². The average Bonchev–Trinajstić information content (AvgIpc) is 2.27. The molecule has 0 fully saturated rings. The highest BCUT2D eigenvalue weighted by Crippen LogP contribution is 2.23. The van der Waals surface area contributed by atoms with Crippen LogP contribution in [0.1, 0.15) is 12.8 Å². The number of halogens is 4. The van der Waals surface area contributed by atoms with Gasteiger partial charge in [0.1, 0.15) is 6.04 Å². The number of alkyl halides is 4. The summed E-state index contributed by atoms with van der Waals surface area (Å²) in [4.78, 5) is 21.5. The van der Waals surface area contributed by atoms with Gasteiger partial charge in [0.25, 0.3) is 5.91 Å². The van der Waals surface area contributed by atoms with Crippen molar-refractivity contribution >= 4 is 11.9 Å². The minimum Gasteiger partial charge on any atom is -0.480 e. The van der Waals surface area contributed by atoms with Gasteiger partial charge in [0.2, 0.25) is 0 Å². The van der Waals surface area contributed by atoms with Crippen molar-refractivity contribution in [3.8, 4) is 0 Å². The van der Waals surface area contributed by atoms with E-state index in [1.54, 1.807) is 0 Å². The largest absolute Gasteiger partial charge is 0.480 e. The van der Waals surface area contributed by atoms with Crippen LogP contribution in [0.25, 0.3) is 0 Å². The van der Waals surface area contributed by atoms with E-state index in [4.69, 9.17) is 5.11 Å². The number of ether oxygens (including phenoxy) is 1. The molecule has 1 unspecified atom stereocenters. The molecule has 0 radical (unpaired) electrons. The van der Waals surface area contributed by atoms with E-state index in [1.807, 2.05) is 0 Å². The molecule has 0 aliphatic rings. The molecule has 0 aromatic rings. The van der Waals surface area contributed by atoms with Crippen molar-refractivity contribution in [3.63, 3.8) is 0 Å². The molecular formula is C9H13F4NO4. The molecule has 18 heavy (non-hydrogen) atoms. The lowest BCUT2D eigenvalue weighted by Gasteiger charge is -2.19. The van der Waals surface area contributed by atoms with Crippen LogP contribution in [0.5, 0.6) is 0 Å². The van der Waals surface area contributed by atoms with Gasteiger partial charge < -0.3 is 15.2 Å². The number of hydrogen-bond acceptors (Lipinski definition) is 3. The predicted molar refractivity (Wildman–Crippen MR) is 51.6 cm³/mol. The summed E-state index contributed by atoms with van der Waals surface area (Å²) >= 11 is 0. The third-order valence-corrected chi connectivity index (χ3v) is 2.02. The fraction of sp³-hybridized carbons (Fsp3) is 0.778. The first-order valence-corrected chi connectivity index (χ1v) is 4.92. The zero-order valence-electron chi connectivity index (χ0n) is 9.46. The molecule has 0 heterocycles. The smallest absolute Gasteiger partial charge is 0.383 e. The maximum atomic E-state index is 12.6. The van der Waals surface area contributed by atoms with Crippen LogP contribution >= 0.6 is 0 Å². The van der Waals surface area contributed by atoms with Crippen molar-refractivity contribution in [2.45, 2.75) is 31.2 Å². The van der Waals surface area contributed by atoms with Crippen LogP contribution in [0.4, 0.5) is 17.6 Å². The molecule has 0 saturated carbocycles. The quantitative estimate of drug-likeness (QED) is 0.509. The Kier molecular flexibility index (Phi) is 6.60. The summed E-state index contributed by atoms with van der Waals surface area (Å²) in [7, 11) is 1.35. The first kappa shape index (κ1) is 16.6. The number of nitrogens with one attached hydrogen (secondary N) is 1. The van der Waals surface area contributed by atoms with E-state index in [0.29, 0.717) is 0 Å². The third-order valence-electron chi connectivity index (χ3n) is 2.02. The van der Waals surface area contributed by atoms with Crippen molar-refractivity contribution in [1.29, 1.82) is 0 Å². The number of carbonyl (C=O) groups is 2. The summed E-state index contributed by atoms with van der Waals surface area (Å²) in [6.45, 7) is 0.158. The monoisotopic (exact) mass is 275 g/mol. The summed E-state index contributed by atoms with van der Waals surface area (Å²) < 4.78 is 53.4. The highest BCUT2D eigenvalue weighted by atomic mass is 19.3. The van der Waals surface area contributed by atoms with Crippen LogP contribution in [0.3, 0.4) is 0 Å². The van der Waals surface area contributed by atoms with Crippen LogP contribution in [0.15, 0.2) is 0 Å². The van der Waals surface area contributed by atoms with E-state index >= 15 is 0 Å². The summed E-state index contributed by atoms with van der Waals surface area (Å²) in [6.07, 6.45) is -4.21. The average molecular weight is 275 g/mol. The Morgan fingerprint density at radius 1 is 1.39 bits per heavy atom. The van der Waals surface area contributed by atoms with Gasteiger partial charge in [-0.15, -0.1) is 0 Å². The third kappa shape index (κ3) is 4.86. The number of aliphatic carboxylic acids is 1. The van der Waals surface area contributed by atoms with Crippen LogP contribution in [-0.2, 0) is 14.3 Å². The lowest BCUT2D eigenvalue weighted by atomic mass is 10.1. The second-order valence-corrected chi connectivity index (χ2v) is 3.42. The van der Waals surface area contributed by atoms with E-state index in [1.165, 1.54) is 12.4 Å². The first-order valence-electron chi connectivity index (χ1n) is 4.92. The highest BCUT2D eigenvalue weighted by molar-refractivity contribution is 5.88. The van der Waals surface area contributed by atoms with Crippen LogP contribution in [0, 0.1) is 0 Å². The standard InChI is InChI=1S/C9H13F4NO4/c1-18-4-2-3-5(6(15)16)14-8(17)9(12,13)7(10)11/h5,7H,2-4H2,1H3,(H,14,17)(H,15,16). The number of hydrogen-bond donors (Lipinski definition) is 2. The number of carboxylic acid groups (broad SMARTS) is 1. The van der Waals surface area contributed by atoms with E-state index in [-0.39, 0.29) is 19.4 Å². The Morgan fingerprint density at radius 3 is 2.33 bits per heavy atom. The number of rotatable bonds is 8. The van der Waals surface area contributed by atoms with Gasteiger partial charge in [-0.2, -0.15) is 8.78 Å². The van der Waals surface area contributed by atoms with Crippen LogP contribution in [-0.4, -0.2) is 49.1 Å². The van der Waals surface area contributed by atoms with Crippen molar-refractivity contribution in [2.75, 3.05) is 13.7 Å². The molecule has 2 N–H and O–H groups in total. The van der Waals surface area contributed by atoms with E-state index in [9.17, 15) is 27.2 Å². The zero-order chi connectivity index (χ0) is 14.3. The highest BCUT2D eigenvalue weighted by Gasteiger charge is 2.49. The number of carboxylic acids is 1. The molecule has 106 valence electrons. The zero-order valence-corrected chi connectivity index (χ0v) is 9.46. The Labute approximate surface area is 100 Å². The van der Waals surface area contributed by atoms with Gasteiger partial charge in [-0.1, -0.05) is 0 Å². The molecule has 5 nitrogen and oxygen atoms in total. The number of carbonyl (C=O) groups excluding carboxylic acids is 1.